The van der Waals surface area contributed by atoms with E-state index in [0.29, 0.717) is 17.4 Å². The maximum Gasteiger partial charge on any atom is 0.279 e. The van der Waals surface area contributed by atoms with E-state index in [1.54, 1.807) is 29.7 Å². The van der Waals surface area contributed by atoms with E-state index in [2.05, 4.69) is 58.3 Å². The Morgan fingerprint density at radius 1 is 1.22 bits per heavy atom. The maximum atomic E-state index is 12.4. The van der Waals surface area contributed by atoms with Crippen LogP contribution in [0.15, 0.2) is 60.1 Å². The van der Waals surface area contributed by atoms with Crippen molar-refractivity contribution in [2.75, 3.05) is 11.9 Å². The molecule has 3 N–H and O–H groups in total. The normalized spacial score (nSPS) is 11.9. The number of carbonyl (C=O) groups is 1. The molecule has 3 rings (SSSR count). The number of pyridine rings is 1. The number of hydrogen-bond acceptors (Lipinski definition) is 3. The molecule has 1 amide bonds. The van der Waals surface area contributed by atoms with E-state index in [1.807, 2.05) is 6.07 Å². The number of nitrogens with zero attached hydrogens (tertiary/aromatic N) is 1. The van der Waals surface area contributed by atoms with Crippen LogP contribution in [0.5, 0.6) is 0 Å². The van der Waals surface area contributed by atoms with Gasteiger partial charge in [0.25, 0.3) is 5.91 Å². The summed E-state index contributed by atoms with van der Waals surface area (Å²) < 4.78 is 0. The monoisotopic (exact) mass is 400 g/mol. The summed E-state index contributed by atoms with van der Waals surface area (Å²) in [5.41, 5.74) is 3.08. The molecule has 140 valence electrons. The molecule has 0 radical (unpaired) electrons. The lowest BCUT2D eigenvalue weighted by atomic mass is 10.0. The van der Waals surface area contributed by atoms with Crippen LogP contribution in [0.4, 0.5) is 5.69 Å². The molecule has 0 saturated carbocycles. The van der Waals surface area contributed by atoms with Gasteiger partial charge in [-0.1, -0.05) is 55.3 Å². The molecular formula is C21H23ClN3OS+. The number of aromatic nitrogens is 1. The van der Waals surface area contributed by atoms with Crippen LogP contribution in [0.2, 0.25) is 5.15 Å². The van der Waals surface area contributed by atoms with Gasteiger partial charge in [0.05, 0.1) is 10.6 Å². The molecule has 2 aromatic heterocycles. The van der Waals surface area contributed by atoms with Crippen LogP contribution < -0.4 is 10.6 Å². The van der Waals surface area contributed by atoms with Crippen molar-refractivity contribution in [2.24, 2.45) is 0 Å². The number of rotatable bonds is 8. The van der Waals surface area contributed by atoms with Gasteiger partial charge in [0.1, 0.15) is 6.04 Å². The minimum Gasteiger partial charge on any atom is -0.328 e. The summed E-state index contributed by atoms with van der Waals surface area (Å²) in [6.07, 6.45) is 3.82. The third-order valence-corrected chi connectivity index (χ3v) is 5.56. The second-order valence-electron chi connectivity index (χ2n) is 6.31. The van der Waals surface area contributed by atoms with Gasteiger partial charge in [-0.3, -0.25) is 4.79 Å². The maximum absolute atomic E-state index is 12.4. The fourth-order valence-corrected chi connectivity index (χ4v) is 3.99. The lowest BCUT2D eigenvalue weighted by molar-refractivity contribution is -0.675. The Balaban J connectivity index is 1.69. The molecule has 0 aliphatic heterocycles. The fourth-order valence-electron chi connectivity index (χ4n) is 2.97. The summed E-state index contributed by atoms with van der Waals surface area (Å²) in [4.78, 5) is 17.6. The molecule has 0 bridgehead atoms. The zero-order valence-electron chi connectivity index (χ0n) is 15.2. The smallest absolute Gasteiger partial charge is 0.279 e. The SMILES string of the molecule is CCCc1ccc([C@@H]([NH2+]CC(=O)Nc2cccnc2Cl)c2cccs2)cc1. The topological polar surface area (TPSA) is 58.6 Å². The first-order valence-corrected chi connectivity index (χ1v) is 10.3. The van der Waals surface area contributed by atoms with Crippen LogP contribution in [0.1, 0.15) is 35.4 Å². The van der Waals surface area contributed by atoms with Crippen molar-refractivity contribution < 1.29 is 10.1 Å². The van der Waals surface area contributed by atoms with Crippen LogP contribution in [0, 0.1) is 0 Å². The third kappa shape index (κ3) is 5.39. The average molecular weight is 401 g/mol. The number of halogens is 1. The van der Waals surface area contributed by atoms with Crippen molar-refractivity contribution >= 4 is 34.5 Å². The number of nitrogens with one attached hydrogen (secondary N) is 1. The Hall–Kier alpha value is -2.21. The highest BCUT2D eigenvalue weighted by Gasteiger charge is 2.20. The third-order valence-electron chi connectivity index (χ3n) is 4.30. The molecule has 2 heterocycles. The second kappa shape index (κ2) is 9.65. The number of amides is 1. The average Bonchev–Trinajstić information content (AvgIpc) is 3.20. The molecule has 0 spiro atoms. The largest absolute Gasteiger partial charge is 0.328 e. The standard InChI is InChI=1S/C21H22ClN3OS/c1-2-5-15-8-10-16(11-9-15)20(18-7-4-13-27-18)24-14-19(26)25-17-6-3-12-23-21(17)22/h3-4,6-13,20,24H,2,5,14H2,1H3,(H,25,26)/p+1/t20-/m1/s1. The van der Waals surface area contributed by atoms with Crippen LogP contribution in [-0.2, 0) is 11.2 Å². The number of nitrogens with two attached hydrogens (primary N) is 1. The van der Waals surface area contributed by atoms with Gasteiger partial charge in [0.2, 0.25) is 0 Å². The number of carbonyl (C=O) groups excluding carboxylic acids is 1. The second-order valence-corrected chi connectivity index (χ2v) is 7.65. The van der Waals surface area contributed by atoms with E-state index in [0.717, 1.165) is 12.8 Å². The predicted molar refractivity (Wildman–Crippen MR) is 111 cm³/mol. The lowest BCUT2D eigenvalue weighted by Crippen LogP contribution is -2.87. The number of hydrogen-bond donors (Lipinski definition) is 2. The van der Waals surface area contributed by atoms with E-state index in [-0.39, 0.29) is 11.9 Å². The first-order valence-electron chi connectivity index (χ1n) is 9.03. The van der Waals surface area contributed by atoms with Crippen LogP contribution >= 0.6 is 22.9 Å². The van der Waals surface area contributed by atoms with E-state index >= 15 is 0 Å². The molecule has 3 aromatic rings. The van der Waals surface area contributed by atoms with Gasteiger partial charge < -0.3 is 10.6 Å². The molecule has 0 aliphatic carbocycles. The molecule has 0 aliphatic rings. The molecular weight excluding hydrogens is 378 g/mol. The van der Waals surface area contributed by atoms with E-state index in [9.17, 15) is 4.79 Å². The lowest BCUT2D eigenvalue weighted by Gasteiger charge is -2.15. The van der Waals surface area contributed by atoms with Crippen molar-refractivity contribution in [1.82, 2.24) is 4.98 Å². The Labute approximate surface area is 168 Å². The van der Waals surface area contributed by atoms with Crippen molar-refractivity contribution in [3.05, 3.63) is 81.3 Å². The summed E-state index contributed by atoms with van der Waals surface area (Å²) in [6.45, 7) is 2.48. The number of anilines is 1. The van der Waals surface area contributed by atoms with Gasteiger partial charge in [0.15, 0.2) is 11.7 Å². The molecule has 0 fully saturated rings. The van der Waals surface area contributed by atoms with E-state index < -0.39 is 0 Å². The molecule has 0 saturated heterocycles. The van der Waals surface area contributed by atoms with Crippen LogP contribution in [0.25, 0.3) is 0 Å². The van der Waals surface area contributed by atoms with E-state index in [1.165, 1.54) is 16.0 Å². The summed E-state index contributed by atoms with van der Waals surface area (Å²) in [5, 5.41) is 7.25. The van der Waals surface area contributed by atoms with E-state index in [4.69, 9.17) is 11.6 Å². The Morgan fingerprint density at radius 2 is 2.04 bits per heavy atom. The Bertz CT molecular complexity index is 865. The van der Waals surface area contributed by atoms with Gasteiger partial charge in [-0.15, -0.1) is 11.3 Å². The molecule has 1 atom stereocenters. The zero-order chi connectivity index (χ0) is 19.1. The summed E-state index contributed by atoms with van der Waals surface area (Å²) in [6, 6.07) is 16.4. The fraction of sp³-hybridized carbons (Fsp3) is 0.238. The highest BCUT2D eigenvalue weighted by Crippen LogP contribution is 2.23. The van der Waals surface area contributed by atoms with Gasteiger partial charge in [-0.05, 0) is 35.6 Å². The quantitative estimate of drug-likeness (QED) is 0.560. The molecule has 4 nitrogen and oxygen atoms in total. The zero-order valence-corrected chi connectivity index (χ0v) is 16.8. The predicted octanol–water partition coefficient (Wildman–Crippen LogP) is 4.04. The summed E-state index contributed by atoms with van der Waals surface area (Å²) >= 11 is 7.72. The summed E-state index contributed by atoms with van der Waals surface area (Å²) in [5.74, 6) is -0.103. The number of benzene rings is 1. The van der Waals surface area contributed by atoms with Crippen molar-refractivity contribution in [3.63, 3.8) is 0 Å². The first-order chi connectivity index (χ1) is 13.2. The highest BCUT2D eigenvalue weighted by molar-refractivity contribution is 7.10. The Morgan fingerprint density at radius 3 is 2.70 bits per heavy atom. The molecule has 6 heteroatoms. The highest BCUT2D eigenvalue weighted by atomic mass is 35.5. The van der Waals surface area contributed by atoms with Crippen LogP contribution in [0.3, 0.4) is 0 Å². The van der Waals surface area contributed by atoms with Gasteiger partial charge >= 0.3 is 0 Å². The number of thiophene rings is 1. The van der Waals surface area contributed by atoms with Crippen molar-refractivity contribution in [1.29, 1.82) is 0 Å². The molecule has 1 aromatic carbocycles. The number of quaternary nitrogens is 1. The van der Waals surface area contributed by atoms with Gasteiger partial charge in [0, 0.05) is 11.8 Å². The van der Waals surface area contributed by atoms with Crippen LogP contribution in [-0.4, -0.2) is 17.4 Å². The summed E-state index contributed by atoms with van der Waals surface area (Å²) in [7, 11) is 0. The minimum absolute atomic E-state index is 0.0933. The Kier molecular flexibility index (Phi) is 6.98. The van der Waals surface area contributed by atoms with Gasteiger partial charge in [-0.25, -0.2) is 4.98 Å². The minimum atomic E-state index is -0.103. The van der Waals surface area contributed by atoms with Crippen molar-refractivity contribution in [3.8, 4) is 0 Å². The van der Waals surface area contributed by atoms with Gasteiger partial charge in [-0.2, -0.15) is 0 Å². The molecule has 0 unspecified atom stereocenters. The molecule has 27 heavy (non-hydrogen) atoms. The number of aryl methyl sites for hydroxylation is 1. The first kappa shape index (κ1) is 19.5. The van der Waals surface area contributed by atoms with Crippen molar-refractivity contribution in [2.45, 2.75) is 25.8 Å².